The Morgan fingerprint density at radius 1 is 1.00 bits per heavy atom. The van der Waals surface area contributed by atoms with Gasteiger partial charge in [-0.2, -0.15) is 0 Å². The third-order valence-corrected chi connectivity index (χ3v) is 5.24. The molecular formula is C15H24O6. The number of hydrogen-bond donors (Lipinski definition) is 2. The number of esters is 2. The Hall–Kier alpha value is -1.14. The molecule has 2 fully saturated rings. The number of aliphatic hydroxyl groups is 2. The second kappa shape index (κ2) is 5.93. The largest absolute Gasteiger partial charge is 0.468 e. The fourth-order valence-corrected chi connectivity index (χ4v) is 4.19. The van der Waals surface area contributed by atoms with E-state index in [0.29, 0.717) is 25.7 Å². The van der Waals surface area contributed by atoms with E-state index in [1.165, 1.54) is 14.2 Å². The second-order valence-electron chi connectivity index (χ2n) is 6.15. The zero-order valence-electron chi connectivity index (χ0n) is 12.6. The standard InChI is InChI=1S/C15H24O6/c1-20-12(17)14(13(18)21-2)8-5-6-10(14)15(19)9-4-3-7-11(15)16/h10-11,16,19H,3-9H2,1-2H3. The van der Waals surface area contributed by atoms with E-state index in [4.69, 9.17) is 9.47 Å². The van der Waals surface area contributed by atoms with Gasteiger partial charge in [-0.15, -0.1) is 0 Å². The van der Waals surface area contributed by atoms with Crippen LogP contribution in [0.2, 0.25) is 0 Å². The van der Waals surface area contributed by atoms with Gasteiger partial charge in [-0.05, 0) is 25.7 Å². The van der Waals surface area contributed by atoms with Crippen LogP contribution in [0.5, 0.6) is 0 Å². The van der Waals surface area contributed by atoms with E-state index in [2.05, 4.69) is 0 Å². The monoisotopic (exact) mass is 300 g/mol. The minimum Gasteiger partial charge on any atom is -0.468 e. The van der Waals surface area contributed by atoms with Crippen LogP contribution in [0.1, 0.15) is 44.9 Å². The van der Waals surface area contributed by atoms with Crippen LogP contribution in [-0.4, -0.2) is 48.1 Å². The molecule has 0 spiro atoms. The van der Waals surface area contributed by atoms with Crippen LogP contribution in [-0.2, 0) is 19.1 Å². The van der Waals surface area contributed by atoms with Crippen LogP contribution in [0.3, 0.4) is 0 Å². The molecule has 21 heavy (non-hydrogen) atoms. The van der Waals surface area contributed by atoms with Gasteiger partial charge in [0, 0.05) is 5.92 Å². The highest BCUT2D eigenvalue weighted by molar-refractivity contribution is 6.01. The quantitative estimate of drug-likeness (QED) is 0.591. The van der Waals surface area contributed by atoms with E-state index in [0.717, 1.165) is 12.8 Å². The molecule has 0 aromatic rings. The van der Waals surface area contributed by atoms with Gasteiger partial charge in [-0.1, -0.05) is 19.3 Å². The number of carbonyl (C=O) groups excluding carboxylic acids is 2. The minimum absolute atomic E-state index is 0.284. The third-order valence-electron chi connectivity index (χ3n) is 5.24. The van der Waals surface area contributed by atoms with Crippen molar-refractivity contribution in [2.75, 3.05) is 14.2 Å². The Labute approximate surface area is 124 Å². The van der Waals surface area contributed by atoms with Gasteiger partial charge >= 0.3 is 11.9 Å². The molecule has 2 aliphatic rings. The Balaban J connectivity index is 2.44. The van der Waals surface area contributed by atoms with Crippen LogP contribution in [0.15, 0.2) is 0 Å². The Kier molecular flexibility index (Phi) is 4.58. The van der Waals surface area contributed by atoms with Gasteiger partial charge in [0.1, 0.15) is 0 Å². The zero-order chi connectivity index (χ0) is 15.7. The first-order valence-corrected chi connectivity index (χ1v) is 7.50. The number of methoxy groups -OCH3 is 2. The Morgan fingerprint density at radius 3 is 2.14 bits per heavy atom. The number of ether oxygens (including phenoxy) is 2. The SMILES string of the molecule is COC(=O)C1(C(=O)OC)CCCC1C1(O)CCCCC1O. The summed E-state index contributed by atoms with van der Waals surface area (Å²) in [6.45, 7) is 0. The van der Waals surface area contributed by atoms with Gasteiger partial charge in [0.2, 0.25) is 0 Å². The van der Waals surface area contributed by atoms with Crippen molar-refractivity contribution in [2.45, 2.75) is 56.7 Å². The number of hydrogen-bond acceptors (Lipinski definition) is 6. The van der Waals surface area contributed by atoms with E-state index in [9.17, 15) is 19.8 Å². The zero-order valence-corrected chi connectivity index (χ0v) is 12.6. The highest BCUT2D eigenvalue weighted by Crippen LogP contribution is 2.53. The van der Waals surface area contributed by atoms with E-state index >= 15 is 0 Å². The fraction of sp³-hybridized carbons (Fsp3) is 0.867. The lowest BCUT2D eigenvalue weighted by molar-refractivity contribution is -0.195. The first kappa shape index (κ1) is 16.2. The van der Waals surface area contributed by atoms with Crippen molar-refractivity contribution in [1.82, 2.24) is 0 Å². The molecule has 3 atom stereocenters. The highest BCUT2D eigenvalue weighted by Gasteiger charge is 2.64. The molecule has 2 aliphatic carbocycles. The molecule has 0 bridgehead atoms. The highest BCUT2D eigenvalue weighted by atomic mass is 16.5. The number of carbonyl (C=O) groups is 2. The van der Waals surface area contributed by atoms with Crippen molar-refractivity contribution in [2.24, 2.45) is 11.3 Å². The van der Waals surface area contributed by atoms with Crippen molar-refractivity contribution in [3.63, 3.8) is 0 Å². The molecule has 0 saturated heterocycles. The van der Waals surface area contributed by atoms with E-state index in [1.54, 1.807) is 0 Å². The lowest BCUT2D eigenvalue weighted by Crippen LogP contribution is -2.59. The topological polar surface area (TPSA) is 93.1 Å². The van der Waals surface area contributed by atoms with Gasteiger partial charge in [0.15, 0.2) is 5.41 Å². The van der Waals surface area contributed by atoms with Crippen LogP contribution in [0, 0.1) is 11.3 Å². The smallest absolute Gasteiger partial charge is 0.323 e. The number of aliphatic hydroxyl groups excluding tert-OH is 1. The van der Waals surface area contributed by atoms with E-state index < -0.39 is 35.0 Å². The van der Waals surface area contributed by atoms with E-state index in [1.807, 2.05) is 0 Å². The molecule has 0 amide bonds. The average Bonchev–Trinajstić information content (AvgIpc) is 2.95. The second-order valence-corrected chi connectivity index (χ2v) is 6.15. The lowest BCUT2D eigenvalue weighted by atomic mass is 9.63. The van der Waals surface area contributed by atoms with E-state index in [-0.39, 0.29) is 6.42 Å². The van der Waals surface area contributed by atoms with Crippen molar-refractivity contribution in [3.05, 3.63) is 0 Å². The first-order chi connectivity index (χ1) is 9.93. The van der Waals surface area contributed by atoms with Crippen molar-refractivity contribution >= 4 is 11.9 Å². The van der Waals surface area contributed by atoms with Crippen LogP contribution in [0.4, 0.5) is 0 Å². The molecule has 2 saturated carbocycles. The Bertz CT molecular complexity index is 404. The summed E-state index contributed by atoms with van der Waals surface area (Å²) in [5.74, 6) is -2.02. The summed E-state index contributed by atoms with van der Waals surface area (Å²) in [6.07, 6.45) is 2.93. The molecule has 0 heterocycles. The van der Waals surface area contributed by atoms with Gasteiger partial charge < -0.3 is 19.7 Å². The van der Waals surface area contributed by atoms with Gasteiger partial charge in [-0.25, -0.2) is 0 Å². The molecule has 0 aliphatic heterocycles. The summed E-state index contributed by atoms with van der Waals surface area (Å²) >= 11 is 0. The van der Waals surface area contributed by atoms with Crippen LogP contribution < -0.4 is 0 Å². The predicted octanol–water partition coefficient (Wildman–Crippen LogP) is 0.785. The average molecular weight is 300 g/mol. The summed E-state index contributed by atoms with van der Waals surface area (Å²) in [7, 11) is 2.45. The normalized spacial score (nSPS) is 35.2. The predicted molar refractivity (Wildman–Crippen MR) is 73.2 cm³/mol. The molecule has 2 rings (SSSR count). The molecular weight excluding hydrogens is 276 g/mol. The maximum absolute atomic E-state index is 12.3. The molecule has 0 aromatic carbocycles. The molecule has 6 heteroatoms. The summed E-state index contributed by atoms with van der Waals surface area (Å²) < 4.78 is 9.66. The molecule has 6 nitrogen and oxygen atoms in total. The van der Waals surface area contributed by atoms with Crippen LogP contribution >= 0.6 is 0 Å². The van der Waals surface area contributed by atoms with Crippen molar-refractivity contribution < 1.29 is 29.3 Å². The molecule has 2 N–H and O–H groups in total. The van der Waals surface area contributed by atoms with Crippen molar-refractivity contribution in [1.29, 1.82) is 0 Å². The molecule has 3 unspecified atom stereocenters. The van der Waals surface area contributed by atoms with Crippen molar-refractivity contribution in [3.8, 4) is 0 Å². The fourth-order valence-electron chi connectivity index (χ4n) is 4.19. The summed E-state index contributed by atoms with van der Waals surface area (Å²) in [5.41, 5.74) is -2.94. The Morgan fingerprint density at radius 2 is 1.62 bits per heavy atom. The minimum atomic E-state index is -1.50. The maximum atomic E-state index is 12.3. The molecule has 120 valence electrons. The summed E-state index contributed by atoms with van der Waals surface area (Å²) in [4.78, 5) is 24.6. The first-order valence-electron chi connectivity index (χ1n) is 7.50. The number of rotatable bonds is 3. The van der Waals surface area contributed by atoms with Gasteiger partial charge in [0.25, 0.3) is 0 Å². The molecule has 0 radical (unpaired) electrons. The summed E-state index contributed by atoms with van der Waals surface area (Å²) in [5, 5.41) is 21.3. The van der Waals surface area contributed by atoms with Gasteiger partial charge in [-0.3, -0.25) is 9.59 Å². The summed E-state index contributed by atoms with van der Waals surface area (Å²) in [6, 6.07) is 0. The molecule has 0 aromatic heterocycles. The van der Waals surface area contributed by atoms with Crippen LogP contribution in [0.25, 0.3) is 0 Å². The van der Waals surface area contributed by atoms with Gasteiger partial charge in [0.05, 0.1) is 25.9 Å². The third kappa shape index (κ3) is 2.34. The lowest BCUT2D eigenvalue weighted by Gasteiger charge is -2.46. The maximum Gasteiger partial charge on any atom is 0.323 e.